The Morgan fingerprint density at radius 3 is 2.70 bits per heavy atom. The fourth-order valence-electron chi connectivity index (χ4n) is 6.27. The molecule has 0 radical (unpaired) electrons. The number of hydrogen-bond acceptors (Lipinski definition) is 3. The molecular weight excluding hydrogens is 288 g/mol. The molecule has 5 atom stereocenters. The molecule has 0 spiro atoms. The summed E-state index contributed by atoms with van der Waals surface area (Å²) in [6, 6.07) is 0. The molecule has 0 aliphatic heterocycles. The molecule has 0 heterocycles. The van der Waals surface area contributed by atoms with Crippen LogP contribution in [0.5, 0.6) is 0 Å². The van der Waals surface area contributed by atoms with Crippen LogP contribution >= 0.6 is 0 Å². The third kappa shape index (κ3) is 1.99. The van der Waals surface area contributed by atoms with Gasteiger partial charge >= 0.3 is 0 Å². The molecular formula is C20H28O3. The first-order chi connectivity index (χ1) is 10.9. The fraction of sp³-hybridized carbons (Fsp3) is 0.750. The van der Waals surface area contributed by atoms with Gasteiger partial charge in [-0.1, -0.05) is 12.5 Å². The number of aliphatic hydroxyl groups excluding tert-OH is 1. The van der Waals surface area contributed by atoms with Crippen LogP contribution in [0, 0.1) is 17.3 Å². The molecule has 3 heteroatoms. The van der Waals surface area contributed by atoms with Crippen molar-refractivity contribution < 1.29 is 15.0 Å². The van der Waals surface area contributed by atoms with Crippen LogP contribution in [-0.4, -0.2) is 27.7 Å². The van der Waals surface area contributed by atoms with E-state index in [2.05, 4.69) is 6.92 Å². The fourth-order valence-corrected chi connectivity index (χ4v) is 6.27. The van der Waals surface area contributed by atoms with Crippen LogP contribution in [-0.2, 0) is 4.79 Å². The van der Waals surface area contributed by atoms with E-state index in [1.807, 2.05) is 6.08 Å². The molecule has 23 heavy (non-hydrogen) atoms. The summed E-state index contributed by atoms with van der Waals surface area (Å²) in [5.74, 6) is 1.30. The highest BCUT2D eigenvalue weighted by atomic mass is 16.3. The zero-order valence-corrected chi connectivity index (χ0v) is 14.3. The van der Waals surface area contributed by atoms with Gasteiger partial charge in [-0.15, -0.1) is 0 Å². The lowest BCUT2D eigenvalue weighted by molar-refractivity contribution is -0.152. The highest BCUT2D eigenvalue weighted by Gasteiger charge is 2.62. The van der Waals surface area contributed by atoms with Gasteiger partial charge in [0.1, 0.15) is 0 Å². The molecule has 126 valence electrons. The third-order valence-corrected chi connectivity index (χ3v) is 7.64. The highest BCUT2D eigenvalue weighted by molar-refractivity contribution is 5.93. The van der Waals surface area contributed by atoms with Crippen molar-refractivity contribution in [3.63, 3.8) is 0 Å². The van der Waals surface area contributed by atoms with Gasteiger partial charge in [-0.3, -0.25) is 4.79 Å². The van der Waals surface area contributed by atoms with Crippen molar-refractivity contribution in [1.29, 1.82) is 0 Å². The average Bonchev–Trinajstić information content (AvgIpc) is 2.80. The van der Waals surface area contributed by atoms with E-state index in [9.17, 15) is 15.0 Å². The molecule has 0 aromatic carbocycles. The lowest BCUT2D eigenvalue weighted by Gasteiger charge is -2.52. The van der Waals surface area contributed by atoms with Gasteiger partial charge in [0.25, 0.3) is 0 Å². The molecule has 0 bridgehead atoms. The minimum absolute atomic E-state index is 0.179. The number of rotatable bonds is 1. The van der Waals surface area contributed by atoms with Crippen LogP contribution in [0.4, 0.5) is 0 Å². The van der Waals surface area contributed by atoms with Crippen molar-refractivity contribution in [3.05, 3.63) is 22.8 Å². The second-order valence-corrected chi connectivity index (χ2v) is 8.45. The number of fused-ring (bicyclic) bond motifs is 4. The lowest BCUT2D eigenvalue weighted by Crippen LogP contribution is -2.55. The Hall–Kier alpha value is -0.930. The molecule has 3 nitrogen and oxygen atoms in total. The number of aliphatic hydroxyl groups is 2. The largest absolute Gasteiger partial charge is 0.390 e. The minimum Gasteiger partial charge on any atom is -0.390 e. The first-order valence-corrected chi connectivity index (χ1v) is 9.23. The van der Waals surface area contributed by atoms with Gasteiger partial charge in [0.15, 0.2) is 5.78 Å². The number of hydrogen-bond donors (Lipinski definition) is 2. The van der Waals surface area contributed by atoms with Crippen LogP contribution in [0.3, 0.4) is 0 Å². The average molecular weight is 316 g/mol. The Labute approximate surface area is 138 Å². The number of carbonyl (C=O) groups is 1. The first kappa shape index (κ1) is 15.6. The summed E-state index contributed by atoms with van der Waals surface area (Å²) in [4.78, 5) is 11.7. The molecule has 2 fully saturated rings. The topological polar surface area (TPSA) is 57.5 Å². The highest BCUT2D eigenvalue weighted by Crippen LogP contribution is 2.64. The third-order valence-electron chi connectivity index (χ3n) is 7.64. The van der Waals surface area contributed by atoms with Gasteiger partial charge in [-0.2, -0.15) is 0 Å². The van der Waals surface area contributed by atoms with E-state index in [1.165, 1.54) is 11.1 Å². The van der Waals surface area contributed by atoms with Crippen LogP contribution < -0.4 is 0 Å². The molecule has 4 unspecified atom stereocenters. The van der Waals surface area contributed by atoms with Crippen LogP contribution in [0.2, 0.25) is 0 Å². The molecule has 0 aromatic rings. The van der Waals surface area contributed by atoms with Gasteiger partial charge in [-0.05, 0) is 80.9 Å². The summed E-state index contributed by atoms with van der Waals surface area (Å²) in [6.07, 6.45) is 8.61. The van der Waals surface area contributed by atoms with E-state index in [0.29, 0.717) is 24.7 Å². The molecule has 0 saturated heterocycles. The molecule has 4 rings (SSSR count). The second kappa shape index (κ2) is 5.03. The summed E-state index contributed by atoms with van der Waals surface area (Å²) >= 11 is 0. The summed E-state index contributed by atoms with van der Waals surface area (Å²) in [5, 5.41) is 21.4. The van der Waals surface area contributed by atoms with E-state index >= 15 is 0 Å². The van der Waals surface area contributed by atoms with E-state index in [-0.39, 0.29) is 11.2 Å². The van der Waals surface area contributed by atoms with E-state index < -0.39 is 11.7 Å². The molecule has 0 amide bonds. The zero-order valence-electron chi connectivity index (χ0n) is 14.3. The Balaban J connectivity index is 1.73. The van der Waals surface area contributed by atoms with Crippen molar-refractivity contribution >= 4 is 5.78 Å². The van der Waals surface area contributed by atoms with Crippen molar-refractivity contribution in [2.24, 2.45) is 17.3 Å². The Bertz CT molecular complexity index is 614. The van der Waals surface area contributed by atoms with Crippen LogP contribution in [0.15, 0.2) is 22.8 Å². The van der Waals surface area contributed by atoms with Crippen LogP contribution in [0.1, 0.15) is 65.2 Å². The monoisotopic (exact) mass is 316 g/mol. The first-order valence-electron chi connectivity index (χ1n) is 9.23. The maximum atomic E-state index is 11.7. The molecule has 2 N–H and O–H groups in total. The SMILES string of the molecule is CC(O)[C@@]1(O)CCC2C3CCC4=CC(=O)CCC4=C3CCC21C. The minimum atomic E-state index is -0.938. The van der Waals surface area contributed by atoms with Crippen molar-refractivity contribution in [2.75, 3.05) is 0 Å². The predicted octanol–water partition coefficient (Wildman–Crippen LogP) is 3.30. The van der Waals surface area contributed by atoms with E-state index in [4.69, 9.17) is 0 Å². The molecule has 2 saturated carbocycles. The summed E-state index contributed by atoms with van der Waals surface area (Å²) < 4.78 is 0. The summed E-state index contributed by atoms with van der Waals surface area (Å²) in [5.41, 5.74) is 3.22. The smallest absolute Gasteiger partial charge is 0.156 e. The van der Waals surface area contributed by atoms with Gasteiger partial charge in [0.05, 0.1) is 11.7 Å². The second-order valence-electron chi connectivity index (χ2n) is 8.45. The summed E-state index contributed by atoms with van der Waals surface area (Å²) in [7, 11) is 0. The Morgan fingerprint density at radius 1 is 1.17 bits per heavy atom. The van der Waals surface area contributed by atoms with Crippen molar-refractivity contribution in [3.8, 4) is 0 Å². The van der Waals surface area contributed by atoms with Crippen LogP contribution in [0.25, 0.3) is 0 Å². The number of allylic oxidation sites excluding steroid dienone is 4. The normalized spacial score (nSPS) is 44.3. The summed E-state index contributed by atoms with van der Waals surface area (Å²) in [6.45, 7) is 3.95. The predicted molar refractivity (Wildman–Crippen MR) is 88.8 cm³/mol. The molecule has 4 aliphatic carbocycles. The molecule has 0 aromatic heterocycles. The number of ketones is 1. The Kier molecular flexibility index (Phi) is 3.41. The molecule has 4 aliphatic rings. The number of carbonyl (C=O) groups excluding carboxylic acids is 1. The quantitative estimate of drug-likeness (QED) is 0.780. The van der Waals surface area contributed by atoms with Gasteiger partial charge in [0.2, 0.25) is 0 Å². The maximum absolute atomic E-state index is 11.7. The lowest BCUT2D eigenvalue weighted by atomic mass is 9.54. The Morgan fingerprint density at radius 2 is 1.96 bits per heavy atom. The van der Waals surface area contributed by atoms with Gasteiger partial charge < -0.3 is 10.2 Å². The maximum Gasteiger partial charge on any atom is 0.156 e. The van der Waals surface area contributed by atoms with E-state index in [0.717, 1.165) is 38.5 Å². The standard InChI is InChI=1S/C20H28O3/c1-12(21)20(23)10-8-18-17-5-3-13-11-14(22)4-6-15(13)16(17)7-9-19(18,20)2/h11-12,17-18,21,23H,3-10H2,1-2H3/t12?,17?,18?,19?,20-/m0/s1. The van der Waals surface area contributed by atoms with Crippen molar-refractivity contribution in [2.45, 2.75) is 76.9 Å². The van der Waals surface area contributed by atoms with Gasteiger partial charge in [-0.25, -0.2) is 0 Å². The van der Waals surface area contributed by atoms with Gasteiger partial charge in [0, 0.05) is 11.8 Å². The van der Waals surface area contributed by atoms with E-state index in [1.54, 1.807) is 12.5 Å². The van der Waals surface area contributed by atoms with Crippen molar-refractivity contribution in [1.82, 2.24) is 0 Å². The zero-order chi connectivity index (χ0) is 16.4.